The van der Waals surface area contributed by atoms with Gasteiger partial charge in [-0.05, 0) is 44.9 Å². The maximum Gasteiger partial charge on any atom is 0.247 e. The molecule has 1 aliphatic rings. The fourth-order valence-electron chi connectivity index (χ4n) is 2.25. The lowest BCUT2D eigenvalue weighted by Gasteiger charge is -2.23. The number of halogens is 2. The summed E-state index contributed by atoms with van der Waals surface area (Å²) in [6.07, 6.45) is 2.15. The quantitative estimate of drug-likeness (QED) is 0.819. The maximum atomic E-state index is 14.1. The number of benzene rings is 1. The average Bonchev–Trinajstić information content (AvgIpc) is 3.27. The Kier molecular flexibility index (Phi) is 4.63. The molecular weight excluding hydrogens is 387 g/mol. The van der Waals surface area contributed by atoms with Gasteiger partial charge in [0.05, 0.1) is 5.69 Å². The number of amides is 1. The topological polar surface area (TPSA) is 76.1 Å². The zero-order valence-corrected chi connectivity index (χ0v) is 15.9. The Bertz CT molecular complexity index is 937. The Labute approximate surface area is 154 Å². The highest BCUT2D eigenvalue weighted by Crippen LogP contribution is 2.41. The number of carbonyl (C=O) groups is 1. The number of nitrogens with zero attached hydrogens (tertiary/aromatic N) is 1. The van der Waals surface area contributed by atoms with Crippen molar-refractivity contribution in [3.8, 4) is 0 Å². The molecule has 0 radical (unpaired) electrons. The van der Waals surface area contributed by atoms with Gasteiger partial charge in [-0.2, -0.15) is 0 Å². The second-order valence-electron chi connectivity index (χ2n) is 6.39. The van der Waals surface area contributed by atoms with Gasteiger partial charge in [0.15, 0.2) is 15.0 Å². The van der Waals surface area contributed by atoms with Gasteiger partial charge in [-0.1, -0.05) is 11.6 Å². The summed E-state index contributed by atoms with van der Waals surface area (Å²) in [4.78, 5) is 16.3. The molecule has 1 amide bonds. The molecule has 1 aromatic carbocycles. The van der Waals surface area contributed by atoms with Crippen LogP contribution in [0.3, 0.4) is 0 Å². The van der Waals surface area contributed by atoms with Crippen LogP contribution >= 0.6 is 22.9 Å². The molecule has 0 bridgehead atoms. The lowest BCUT2D eigenvalue weighted by molar-refractivity contribution is -0.117. The standard InChI is InChI=1S/C16H16ClFN2O3S2/c1-16(2,25(22,23)13-6-5-10(17)7-11(13)18)14(21)20-15-19-12(8-24-15)9-3-4-9/h5-9H,3-4H2,1-2H3,(H,19,20,21). The Morgan fingerprint density at radius 1 is 1.40 bits per heavy atom. The van der Waals surface area contributed by atoms with Crippen LogP contribution in [0, 0.1) is 5.82 Å². The largest absolute Gasteiger partial charge is 0.301 e. The lowest BCUT2D eigenvalue weighted by atomic mass is 10.2. The van der Waals surface area contributed by atoms with Crippen molar-refractivity contribution in [1.29, 1.82) is 0 Å². The molecule has 1 heterocycles. The Morgan fingerprint density at radius 2 is 2.08 bits per heavy atom. The van der Waals surface area contributed by atoms with Gasteiger partial charge >= 0.3 is 0 Å². The highest BCUT2D eigenvalue weighted by Gasteiger charge is 2.44. The van der Waals surface area contributed by atoms with Crippen molar-refractivity contribution < 1.29 is 17.6 Å². The summed E-state index contributed by atoms with van der Waals surface area (Å²) in [5, 5.41) is 4.81. The molecule has 0 atom stereocenters. The molecule has 134 valence electrons. The van der Waals surface area contributed by atoms with Crippen LogP contribution < -0.4 is 5.32 Å². The molecule has 1 fully saturated rings. The summed E-state index contributed by atoms with van der Waals surface area (Å²) in [5.41, 5.74) is 0.907. The summed E-state index contributed by atoms with van der Waals surface area (Å²) >= 11 is 6.91. The first-order valence-corrected chi connectivity index (χ1v) is 10.3. The number of hydrogen-bond acceptors (Lipinski definition) is 5. The van der Waals surface area contributed by atoms with Gasteiger partial charge in [0.1, 0.15) is 15.5 Å². The summed E-state index contributed by atoms with van der Waals surface area (Å²) < 4.78 is 37.7. The number of carbonyl (C=O) groups excluding carboxylic acids is 1. The first-order chi connectivity index (χ1) is 11.6. The van der Waals surface area contributed by atoms with E-state index in [-0.39, 0.29) is 5.02 Å². The third kappa shape index (κ3) is 3.43. The molecule has 9 heteroatoms. The number of sulfone groups is 1. The number of nitrogens with one attached hydrogen (secondary N) is 1. The molecule has 1 aliphatic carbocycles. The van der Waals surface area contributed by atoms with Crippen molar-refractivity contribution in [3.05, 3.63) is 40.1 Å². The predicted molar refractivity (Wildman–Crippen MR) is 95.4 cm³/mol. The SMILES string of the molecule is CC(C)(C(=O)Nc1nc(C2CC2)cs1)S(=O)(=O)c1ccc(Cl)cc1F. The van der Waals surface area contributed by atoms with Crippen molar-refractivity contribution in [2.45, 2.75) is 42.2 Å². The molecule has 2 aromatic rings. The van der Waals surface area contributed by atoms with Crippen LogP contribution in [0.2, 0.25) is 5.02 Å². The van der Waals surface area contributed by atoms with Gasteiger partial charge in [0.25, 0.3) is 0 Å². The molecule has 3 rings (SSSR count). The fourth-order valence-corrected chi connectivity index (χ4v) is 4.60. The van der Waals surface area contributed by atoms with Crippen LogP contribution in [0.25, 0.3) is 0 Å². The second kappa shape index (κ2) is 6.34. The van der Waals surface area contributed by atoms with Crippen molar-refractivity contribution in [3.63, 3.8) is 0 Å². The number of thiazole rings is 1. The molecular formula is C16H16ClFN2O3S2. The van der Waals surface area contributed by atoms with Crippen molar-refractivity contribution in [2.75, 3.05) is 5.32 Å². The molecule has 0 spiro atoms. The number of aromatic nitrogens is 1. The normalized spacial score (nSPS) is 15.2. The van der Waals surface area contributed by atoms with E-state index in [2.05, 4.69) is 10.3 Å². The Balaban J connectivity index is 1.86. The van der Waals surface area contributed by atoms with Gasteiger partial charge in [-0.15, -0.1) is 11.3 Å². The van der Waals surface area contributed by atoms with E-state index >= 15 is 0 Å². The molecule has 0 unspecified atom stereocenters. The van der Waals surface area contributed by atoms with Gasteiger partial charge in [-0.3, -0.25) is 4.79 Å². The van der Waals surface area contributed by atoms with E-state index in [9.17, 15) is 17.6 Å². The summed E-state index contributed by atoms with van der Waals surface area (Å²) in [5.74, 6) is -1.32. The van der Waals surface area contributed by atoms with Gasteiger partial charge < -0.3 is 5.32 Å². The maximum absolute atomic E-state index is 14.1. The van der Waals surface area contributed by atoms with Gasteiger partial charge in [0.2, 0.25) is 5.91 Å². The molecule has 0 saturated heterocycles. The number of anilines is 1. The Morgan fingerprint density at radius 3 is 2.68 bits per heavy atom. The zero-order valence-electron chi connectivity index (χ0n) is 13.5. The first kappa shape index (κ1) is 18.3. The average molecular weight is 403 g/mol. The van der Waals surface area contributed by atoms with Crippen LogP contribution in [0.4, 0.5) is 9.52 Å². The number of rotatable bonds is 5. The molecule has 0 aliphatic heterocycles. The smallest absolute Gasteiger partial charge is 0.247 e. The molecule has 1 N–H and O–H groups in total. The van der Waals surface area contributed by atoms with Gasteiger partial charge in [-0.25, -0.2) is 17.8 Å². The molecule has 25 heavy (non-hydrogen) atoms. The van der Waals surface area contributed by atoms with Crippen LogP contribution in [0.15, 0.2) is 28.5 Å². The van der Waals surface area contributed by atoms with E-state index in [4.69, 9.17) is 11.6 Å². The van der Waals surface area contributed by atoms with E-state index in [1.807, 2.05) is 5.38 Å². The van der Waals surface area contributed by atoms with E-state index in [1.165, 1.54) is 31.3 Å². The third-order valence-electron chi connectivity index (χ3n) is 4.14. The minimum Gasteiger partial charge on any atom is -0.301 e. The van der Waals surface area contributed by atoms with Crippen molar-refractivity contribution in [1.82, 2.24) is 4.98 Å². The van der Waals surface area contributed by atoms with Crippen LogP contribution in [0.5, 0.6) is 0 Å². The summed E-state index contributed by atoms with van der Waals surface area (Å²) in [7, 11) is -4.27. The molecule has 1 saturated carbocycles. The Hall–Kier alpha value is -1.51. The molecule has 5 nitrogen and oxygen atoms in total. The van der Waals surface area contributed by atoms with E-state index in [1.54, 1.807) is 0 Å². The lowest BCUT2D eigenvalue weighted by Crippen LogP contribution is -2.44. The van der Waals surface area contributed by atoms with Crippen molar-refractivity contribution >= 4 is 43.8 Å². The fraction of sp³-hybridized carbons (Fsp3) is 0.375. The highest BCUT2D eigenvalue weighted by molar-refractivity contribution is 7.93. The van der Waals surface area contributed by atoms with Crippen molar-refractivity contribution in [2.24, 2.45) is 0 Å². The first-order valence-electron chi connectivity index (χ1n) is 7.59. The monoisotopic (exact) mass is 402 g/mol. The summed E-state index contributed by atoms with van der Waals surface area (Å²) in [6.45, 7) is 2.47. The number of hydrogen-bond donors (Lipinski definition) is 1. The van der Waals surface area contributed by atoms with Crippen LogP contribution in [-0.4, -0.2) is 24.1 Å². The van der Waals surface area contributed by atoms with Crippen LogP contribution in [0.1, 0.15) is 38.3 Å². The highest BCUT2D eigenvalue weighted by atomic mass is 35.5. The molecule has 1 aromatic heterocycles. The minimum atomic E-state index is -4.27. The second-order valence-corrected chi connectivity index (χ2v) is 10.2. The zero-order chi connectivity index (χ0) is 18.4. The summed E-state index contributed by atoms with van der Waals surface area (Å²) in [6, 6.07) is 3.25. The predicted octanol–water partition coefficient (Wildman–Crippen LogP) is 4.00. The van der Waals surface area contributed by atoms with E-state index in [0.717, 1.165) is 30.7 Å². The third-order valence-corrected chi connectivity index (χ3v) is 7.59. The van der Waals surface area contributed by atoms with Gasteiger partial charge in [0, 0.05) is 16.3 Å². The van der Waals surface area contributed by atoms with E-state index < -0.39 is 31.2 Å². The minimum absolute atomic E-state index is 0.0779. The van der Waals surface area contributed by atoms with E-state index in [0.29, 0.717) is 11.0 Å². The van der Waals surface area contributed by atoms with Crippen LogP contribution in [-0.2, 0) is 14.6 Å².